The van der Waals surface area contributed by atoms with Gasteiger partial charge in [0.2, 0.25) is 0 Å². The Kier molecular flexibility index (Phi) is 3.85. The lowest BCUT2D eigenvalue weighted by molar-refractivity contribution is -0.180. The van der Waals surface area contributed by atoms with Crippen LogP contribution in [-0.4, -0.2) is 34.2 Å². The van der Waals surface area contributed by atoms with Crippen LogP contribution in [0.5, 0.6) is 5.75 Å². The summed E-state index contributed by atoms with van der Waals surface area (Å²) < 4.78 is 30.3. The molecule has 0 bridgehead atoms. The van der Waals surface area contributed by atoms with Gasteiger partial charge in [0.15, 0.2) is 6.10 Å². The molecular weight excluding hydrogens is 250 g/mol. The average molecular weight is 260 g/mol. The van der Waals surface area contributed by atoms with E-state index in [1.807, 2.05) is 0 Å². The number of rotatable bonds is 4. The van der Waals surface area contributed by atoms with Crippen molar-refractivity contribution in [2.24, 2.45) is 0 Å². The molecule has 1 aromatic carbocycles. The van der Waals surface area contributed by atoms with E-state index in [4.69, 9.17) is 10.2 Å². The van der Waals surface area contributed by atoms with Crippen molar-refractivity contribution in [1.29, 1.82) is 0 Å². The molecule has 1 aromatic rings. The Balaban J connectivity index is 2.76. The number of aromatic hydroxyl groups is 1. The molecule has 1 unspecified atom stereocenters. The topological polar surface area (TPSA) is 83.8 Å². The van der Waals surface area contributed by atoms with Gasteiger partial charge >= 0.3 is 17.9 Å². The van der Waals surface area contributed by atoms with Gasteiger partial charge in [0.05, 0.1) is 5.56 Å². The number of hydrogen-bond donors (Lipinski definition) is 2. The summed E-state index contributed by atoms with van der Waals surface area (Å²) in [7, 11) is 0. The molecular formula is C11H10F2O5. The third kappa shape index (κ3) is 2.93. The van der Waals surface area contributed by atoms with Crippen molar-refractivity contribution in [3.05, 3.63) is 29.8 Å². The van der Waals surface area contributed by atoms with Crippen LogP contribution >= 0.6 is 0 Å². The highest BCUT2D eigenvalue weighted by Crippen LogP contribution is 2.22. The number of alkyl halides is 2. The molecule has 0 amide bonds. The summed E-state index contributed by atoms with van der Waals surface area (Å²) in [5.74, 6) is -7.72. The lowest BCUT2D eigenvalue weighted by Gasteiger charge is -2.19. The SMILES string of the molecule is CC(OC(=O)c1ccc(O)cc1)C(F)(F)C(=O)O. The van der Waals surface area contributed by atoms with Gasteiger partial charge in [-0.3, -0.25) is 0 Å². The maximum absolute atomic E-state index is 13.0. The second-order valence-corrected chi connectivity index (χ2v) is 3.52. The number of carbonyl (C=O) groups is 2. The Bertz CT molecular complexity index is 455. The minimum atomic E-state index is -4.16. The number of esters is 1. The second kappa shape index (κ2) is 4.99. The van der Waals surface area contributed by atoms with Gasteiger partial charge in [0.1, 0.15) is 5.75 Å². The van der Waals surface area contributed by atoms with E-state index in [-0.39, 0.29) is 11.3 Å². The Morgan fingerprint density at radius 2 is 1.78 bits per heavy atom. The molecule has 0 aliphatic rings. The zero-order valence-electron chi connectivity index (χ0n) is 9.26. The minimum absolute atomic E-state index is 0.0687. The summed E-state index contributed by atoms with van der Waals surface area (Å²) >= 11 is 0. The molecule has 1 atom stereocenters. The molecule has 0 aliphatic carbocycles. The summed E-state index contributed by atoms with van der Waals surface area (Å²) in [5, 5.41) is 17.2. The first-order valence-corrected chi connectivity index (χ1v) is 4.86. The average Bonchev–Trinajstić information content (AvgIpc) is 2.29. The van der Waals surface area contributed by atoms with Gasteiger partial charge in [0, 0.05) is 0 Å². The van der Waals surface area contributed by atoms with Gasteiger partial charge in [-0.2, -0.15) is 8.78 Å². The molecule has 0 spiro atoms. The normalized spacial score (nSPS) is 12.8. The lowest BCUT2D eigenvalue weighted by atomic mass is 10.2. The van der Waals surface area contributed by atoms with Crippen molar-refractivity contribution in [3.8, 4) is 5.75 Å². The molecule has 1 rings (SSSR count). The molecule has 7 heteroatoms. The van der Waals surface area contributed by atoms with Crippen LogP contribution in [0.2, 0.25) is 0 Å². The lowest BCUT2D eigenvalue weighted by Crippen LogP contribution is -2.42. The third-order valence-electron chi connectivity index (χ3n) is 2.18. The number of benzene rings is 1. The molecule has 18 heavy (non-hydrogen) atoms. The van der Waals surface area contributed by atoms with Crippen LogP contribution in [0.25, 0.3) is 0 Å². The smallest absolute Gasteiger partial charge is 0.378 e. The molecule has 0 aromatic heterocycles. The van der Waals surface area contributed by atoms with E-state index in [1.165, 1.54) is 24.3 Å². The molecule has 5 nitrogen and oxygen atoms in total. The van der Waals surface area contributed by atoms with E-state index >= 15 is 0 Å². The number of carboxylic acids is 1. The highest BCUT2D eigenvalue weighted by atomic mass is 19.3. The number of phenolic OH excluding ortho intramolecular Hbond substituents is 1. The number of ether oxygens (including phenoxy) is 1. The van der Waals surface area contributed by atoms with E-state index < -0.39 is 24.0 Å². The Morgan fingerprint density at radius 3 is 2.22 bits per heavy atom. The van der Waals surface area contributed by atoms with Crippen molar-refractivity contribution in [3.63, 3.8) is 0 Å². The van der Waals surface area contributed by atoms with Gasteiger partial charge < -0.3 is 14.9 Å². The first-order chi connectivity index (χ1) is 8.25. The Morgan fingerprint density at radius 1 is 1.28 bits per heavy atom. The summed E-state index contributed by atoms with van der Waals surface area (Å²) in [6.45, 7) is 0.784. The van der Waals surface area contributed by atoms with Crippen molar-refractivity contribution in [2.75, 3.05) is 0 Å². The predicted molar refractivity (Wildman–Crippen MR) is 55.6 cm³/mol. The second-order valence-electron chi connectivity index (χ2n) is 3.52. The number of carbonyl (C=O) groups excluding carboxylic acids is 1. The third-order valence-corrected chi connectivity index (χ3v) is 2.18. The summed E-state index contributed by atoms with van der Waals surface area (Å²) in [5.41, 5.74) is -0.0687. The van der Waals surface area contributed by atoms with E-state index in [1.54, 1.807) is 0 Å². The maximum Gasteiger partial charge on any atom is 0.378 e. The first kappa shape index (κ1) is 13.9. The molecule has 0 fully saturated rings. The zero-order valence-corrected chi connectivity index (χ0v) is 9.26. The molecule has 98 valence electrons. The molecule has 0 heterocycles. The minimum Gasteiger partial charge on any atom is -0.508 e. The van der Waals surface area contributed by atoms with Crippen LogP contribution in [0, 0.1) is 0 Å². The van der Waals surface area contributed by atoms with Crippen LogP contribution < -0.4 is 0 Å². The fourth-order valence-corrected chi connectivity index (χ4v) is 1.07. The predicted octanol–water partition coefficient (Wildman–Crippen LogP) is 1.66. The van der Waals surface area contributed by atoms with E-state index in [2.05, 4.69) is 4.74 Å². The van der Waals surface area contributed by atoms with Gasteiger partial charge in [-0.1, -0.05) is 0 Å². The van der Waals surface area contributed by atoms with Crippen LogP contribution in [-0.2, 0) is 9.53 Å². The molecule has 0 saturated carbocycles. The first-order valence-electron chi connectivity index (χ1n) is 4.86. The van der Waals surface area contributed by atoms with E-state index in [0.717, 1.165) is 6.92 Å². The largest absolute Gasteiger partial charge is 0.508 e. The van der Waals surface area contributed by atoms with Crippen LogP contribution in [0.15, 0.2) is 24.3 Å². The zero-order chi connectivity index (χ0) is 13.9. The number of halogens is 2. The fraction of sp³-hybridized carbons (Fsp3) is 0.273. The van der Waals surface area contributed by atoms with Gasteiger partial charge in [-0.05, 0) is 31.2 Å². The fourth-order valence-electron chi connectivity index (χ4n) is 1.07. The maximum atomic E-state index is 13.0. The van der Waals surface area contributed by atoms with Crippen LogP contribution in [0.3, 0.4) is 0 Å². The van der Waals surface area contributed by atoms with Gasteiger partial charge in [-0.25, -0.2) is 9.59 Å². The van der Waals surface area contributed by atoms with Crippen molar-refractivity contribution >= 4 is 11.9 Å². The van der Waals surface area contributed by atoms with Crippen molar-refractivity contribution in [2.45, 2.75) is 19.0 Å². The molecule has 0 aliphatic heterocycles. The summed E-state index contributed by atoms with van der Waals surface area (Å²) in [4.78, 5) is 21.7. The standard InChI is InChI=1S/C11H10F2O5/c1-6(11(12,13)10(16)17)18-9(15)7-2-4-8(14)5-3-7/h2-6,14H,1H3,(H,16,17). The summed E-state index contributed by atoms with van der Waals surface area (Å²) in [6.07, 6.45) is -2.10. The highest BCUT2D eigenvalue weighted by molar-refractivity contribution is 5.90. The Labute approximate surface area is 101 Å². The number of hydrogen-bond acceptors (Lipinski definition) is 4. The van der Waals surface area contributed by atoms with Crippen molar-refractivity contribution in [1.82, 2.24) is 0 Å². The quantitative estimate of drug-likeness (QED) is 0.804. The van der Waals surface area contributed by atoms with Crippen LogP contribution in [0.1, 0.15) is 17.3 Å². The highest BCUT2D eigenvalue weighted by Gasteiger charge is 2.47. The number of aliphatic carboxylic acids is 1. The molecule has 2 N–H and O–H groups in total. The number of carboxylic acid groups (broad SMARTS) is 1. The number of phenols is 1. The van der Waals surface area contributed by atoms with Gasteiger partial charge in [0.25, 0.3) is 0 Å². The van der Waals surface area contributed by atoms with Crippen molar-refractivity contribution < 1.29 is 33.3 Å². The summed E-state index contributed by atoms with van der Waals surface area (Å²) in [6, 6.07) is 4.69. The monoisotopic (exact) mass is 260 g/mol. The van der Waals surface area contributed by atoms with E-state index in [9.17, 15) is 18.4 Å². The Hall–Kier alpha value is -2.18. The van der Waals surface area contributed by atoms with Gasteiger partial charge in [-0.15, -0.1) is 0 Å². The molecule has 0 radical (unpaired) electrons. The van der Waals surface area contributed by atoms with Crippen LogP contribution in [0.4, 0.5) is 8.78 Å². The van der Waals surface area contributed by atoms with E-state index in [0.29, 0.717) is 0 Å². The molecule has 0 saturated heterocycles.